The molecule has 182 valence electrons. The monoisotopic (exact) mass is 442 g/mol. The molecule has 0 bridgehead atoms. The lowest BCUT2D eigenvalue weighted by atomic mass is 9.43. The molecule has 0 radical (unpaired) electrons. The van der Waals surface area contributed by atoms with Crippen LogP contribution in [0.25, 0.3) is 0 Å². The molecule has 2 heteroatoms. The first kappa shape index (κ1) is 23.4. The normalized spacial score (nSPS) is 49.8. The van der Waals surface area contributed by atoms with E-state index in [1.165, 1.54) is 57.8 Å². The summed E-state index contributed by atoms with van der Waals surface area (Å²) in [5, 5.41) is 10.8. The molecular formula is C30H50O2. The van der Waals surface area contributed by atoms with Gasteiger partial charge < -0.3 is 9.84 Å². The van der Waals surface area contributed by atoms with Gasteiger partial charge in [0.1, 0.15) is 0 Å². The number of allylic oxidation sites excluding steroid dienone is 2. The van der Waals surface area contributed by atoms with Crippen molar-refractivity contribution in [3.05, 3.63) is 11.1 Å². The highest BCUT2D eigenvalue weighted by atomic mass is 16.6. The van der Waals surface area contributed by atoms with Gasteiger partial charge in [0, 0.05) is 0 Å². The van der Waals surface area contributed by atoms with Crippen molar-refractivity contribution in [3.8, 4) is 0 Å². The Kier molecular flexibility index (Phi) is 5.19. The van der Waals surface area contributed by atoms with E-state index in [9.17, 15) is 5.11 Å². The van der Waals surface area contributed by atoms with Gasteiger partial charge >= 0.3 is 0 Å². The van der Waals surface area contributed by atoms with Gasteiger partial charge in [0.05, 0.1) is 17.8 Å². The minimum absolute atomic E-state index is 0.0402. The minimum Gasteiger partial charge on any atom is -0.393 e. The molecule has 32 heavy (non-hydrogen) atoms. The summed E-state index contributed by atoms with van der Waals surface area (Å²) in [6.45, 7) is 19.6. The molecule has 0 aromatic heterocycles. The molecule has 1 saturated heterocycles. The number of fused-ring (bicyclic) bond motifs is 4. The number of epoxide rings is 1. The number of aliphatic hydroxyl groups is 1. The van der Waals surface area contributed by atoms with E-state index < -0.39 is 0 Å². The van der Waals surface area contributed by atoms with Crippen LogP contribution in [0.4, 0.5) is 0 Å². The second-order valence-electron chi connectivity index (χ2n) is 14.5. The zero-order chi connectivity index (χ0) is 23.3. The van der Waals surface area contributed by atoms with Gasteiger partial charge in [-0.3, -0.25) is 0 Å². The molecule has 5 rings (SSSR count). The van der Waals surface area contributed by atoms with E-state index >= 15 is 0 Å². The van der Waals surface area contributed by atoms with Gasteiger partial charge in [-0.25, -0.2) is 0 Å². The summed E-state index contributed by atoms with van der Waals surface area (Å²) >= 11 is 0. The molecular weight excluding hydrogens is 392 g/mol. The third kappa shape index (κ3) is 3.03. The fraction of sp³-hybridized carbons (Fsp3) is 0.933. The molecule has 8 atom stereocenters. The summed E-state index contributed by atoms with van der Waals surface area (Å²) in [5.74, 6) is 2.27. The average Bonchev–Trinajstić information content (AvgIpc) is 3.22. The van der Waals surface area contributed by atoms with Crippen molar-refractivity contribution in [2.75, 3.05) is 0 Å². The van der Waals surface area contributed by atoms with Gasteiger partial charge in [-0.15, -0.1) is 0 Å². The van der Waals surface area contributed by atoms with Crippen molar-refractivity contribution in [2.24, 2.45) is 39.4 Å². The number of aliphatic hydroxyl groups excluding tert-OH is 1. The predicted molar refractivity (Wildman–Crippen MR) is 132 cm³/mol. The Morgan fingerprint density at radius 3 is 2.25 bits per heavy atom. The molecule has 2 nitrogen and oxygen atoms in total. The number of rotatable bonds is 4. The highest BCUT2D eigenvalue weighted by Gasteiger charge is 2.63. The zero-order valence-corrected chi connectivity index (χ0v) is 22.3. The van der Waals surface area contributed by atoms with Gasteiger partial charge in [-0.1, -0.05) is 52.7 Å². The van der Waals surface area contributed by atoms with Crippen molar-refractivity contribution in [3.63, 3.8) is 0 Å². The third-order valence-corrected chi connectivity index (χ3v) is 12.5. The van der Waals surface area contributed by atoms with E-state index in [1.54, 1.807) is 0 Å². The predicted octanol–water partition coefficient (Wildman–Crippen LogP) is 7.69. The molecule has 1 N–H and O–H groups in total. The van der Waals surface area contributed by atoms with E-state index in [0.717, 1.165) is 18.3 Å². The highest BCUT2D eigenvalue weighted by Crippen LogP contribution is 2.72. The molecule has 2 saturated carbocycles. The van der Waals surface area contributed by atoms with Crippen LogP contribution in [0.1, 0.15) is 120 Å². The minimum atomic E-state index is -0.135. The summed E-state index contributed by atoms with van der Waals surface area (Å²) in [4.78, 5) is 0. The molecule has 0 amide bonds. The van der Waals surface area contributed by atoms with Crippen LogP contribution in [0.2, 0.25) is 0 Å². The largest absolute Gasteiger partial charge is 0.393 e. The Hall–Kier alpha value is -0.340. The molecule has 5 aliphatic rings. The van der Waals surface area contributed by atoms with Crippen LogP contribution < -0.4 is 0 Å². The smallest absolute Gasteiger partial charge is 0.0892 e. The highest BCUT2D eigenvalue weighted by molar-refractivity contribution is 5.38. The first-order valence-corrected chi connectivity index (χ1v) is 13.9. The van der Waals surface area contributed by atoms with Crippen LogP contribution in [0, 0.1) is 39.4 Å². The summed E-state index contributed by atoms with van der Waals surface area (Å²) < 4.78 is 5.90. The van der Waals surface area contributed by atoms with Gasteiger partial charge in [0.15, 0.2) is 0 Å². The molecule has 0 aromatic carbocycles. The maximum Gasteiger partial charge on any atom is 0.0892 e. The van der Waals surface area contributed by atoms with Crippen molar-refractivity contribution in [1.29, 1.82) is 0 Å². The van der Waals surface area contributed by atoms with Crippen LogP contribution in [0.15, 0.2) is 11.1 Å². The SMILES string of the molecule is C[C@H](CCC1OC1(C)C)[C@H]1CC[C@@]2(C)C3=C(CC[C@]12C)[C@@]1(C)CCC(O)C(C)(C)C1CC3. The van der Waals surface area contributed by atoms with Crippen LogP contribution in [-0.4, -0.2) is 22.9 Å². The Labute approximate surface area is 198 Å². The third-order valence-electron chi connectivity index (χ3n) is 12.5. The van der Waals surface area contributed by atoms with E-state index in [0.29, 0.717) is 28.3 Å². The molecule has 3 unspecified atom stereocenters. The van der Waals surface area contributed by atoms with Crippen LogP contribution >= 0.6 is 0 Å². The second kappa shape index (κ2) is 7.09. The number of hydrogen-bond donors (Lipinski definition) is 1. The molecule has 4 aliphatic carbocycles. The van der Waals surface area contributed by atoms with Crippen molar-refractivity contribution in [1.82, 2.24) is 0 Å². The molecule has 1 heterocycles. The first-order chi connectivity index (χ1) is 14.8. The van der Waals surface area contributed by atoms with Gasteiger partial charge in [0.2, 0.25) is 0 Å². The van der Waals surface area contributed by atoms with E-state index in [-0.39, 0.29) is 17.1 Å². The molecule has 0 aromatic rings. The van der Waals surface area contributed by atoms with Gasteiger partial charge in [-0.2, -0.15) is 0 Å². The van der Waals surface area contributed by atoms with Crippen molar-refractivity contribution in [2.45, 2.75) is 137 Å². The Morgan fingerprint density at radius 1 is 0.906 bits per heavy atom. The maximum atomic E-state index is 10.8. The lowest BCUT2D eigenvalue weighted by molar-refractivity contribution is -0.0962. The fourth-order valence-electron chi connectivity index (χ4n) is 9.98. The second-order valence-corrected chi connectivity index (χ2v) is 14.5. The first-order valence-electron chi connectivity index (χ1n) is 13.9. The molecule has 3 fully saturated rings. The van der Waals surface area contributed by atoms with Crippen LogP contribution in [0.5, 0.6) is 0 Å². The number of hydrogen-bond acceptors (Lipinski definition) is 2. The average molecular weight is 443 g/mol. The summed E-state index contributed by atoms with van der Waals surface area (Å²) in [7, 11) is 0. The topological polar surface area (TPSA) is 32.8 Å². The van der Waals surface area contributed by atoms with Crippen LogP contribution in [0.3, 0.4) is 0 Å². The lowest BCUT2D eigenvalue weighted by Crippen LogP contribution is -2.55. The van der Waals surface area contributed by atoms with Gasteiger partial charge in [-0.05, 0) is 117 Å². The van der Waals surface area contributed by atoms with E-state index in [4.69, 9.17) is 4.74 Å². The summed E-state index contributed by atoms with van der Waals surface area (Å²) in [5.41, 5.74) is 5.01. The summed E-state index contributed by atoms with van der Waals surface area (Å²) in [6, 6.07) is 0. The maximum absolute atomic E-state index is 10.8. The quantitative estimate of drug-likeness (QED) is 0.357. The lowest BCUT2D eigenvalue weighted by Gasteiger charge is -2.62. The van der Waals surface area contributed by atoms with Gasteiger partial charge in [0.25, 0.3) is 0 Å². The zero-order valence-electron chi connectivity index (χ0n) is 22.3. The standard InChI is InChI=1S/C30H50O2/c1-19(9-12-25-27(4,5)32-25)20-13-17-30(8)22-10-11-23-26(2,3)24(31)15-16-28(23,6)21(22)14-18-29(20,30)7/h19-20,23-25,31H,9-18H2,1-8H3/t19-,20-,23?,24?,25?,28-,29-,30+/m1/s1. The Morgan fingerprint density at radius 2 is 1.59 bits per heavy atom. The Bertz CT molecular complexity index is 808. The summed E-state index contributed by atoms with van der Waals surface area (Å²) in [6.07, 6.45) is 13.1. The molecule has 1 aliphatic heterocycles. The van der Waals surface area contributed by atoms with Crippen LogP contribution in [-0.2, 0) is 4.74 Å². The van der Waals surface area contributed by atoms with Crippen molar-refractivity contribution < 1.29 is 9.84 Å². The molecule has 0 spiro atoms. The Balaban J connectivity index is 1.41. The fourth-order valence-corrected chi connectivity index (χ4v) is 9.98. The number of ether oxygens (including phenoxy) is 1. The van der Waals surface area contributed by atoms with Crippen molar-refractivity contribution >= 4 is 0 Å². The van der Waals surface area contributed by atoms with E-state index in [2.05, 4.69) is 55.4 Å². The van der Waals surface area contributed by atoms with E-state index in [1.807, 2.05) is 11.1 Å².